The third-order valence-electron chi connectivity index (χ3n) is 2.43. The summed E-state index contributed by atoms with van der Waals surface area (Å²) in [7, 11) is 1.67. The van der Waals surface area contributed by atoms with Crippen molar-refractivity contribution in [3.05, 3.63) is 54.9 Å². The molecule has 1 aromatic carbocycles. The zero-order chi connectivity index (χ0) is 11.4. The van der Waals surface area contributed by atoms with Crippen molar-refractivity contribution in [2.45, 2.75) is 0 Å². The van der Waals surface area contributed by atoms with Gasteiger partial charge in [0.15, 0.2) is 0 Å². The molecular weight excluding hydrogens is 198 g/mol. The smallest absolute Gasteiger partial charge is 0.126 e. The SMILES string of the molecule is C=Cc1ccc(OC)c(-c2cccnc2)c1. The summed E-state index contributed by atoms with van der Waals surface area (Å²) in [5, 5.41) is 0. The summed E-state index contributed by atoms with van der Waals surface area (Å²) in [6.07, 6.45) is 5.40. The maximum Gasteiger partial charge on any atom is 0.126 e. The highest BCUT2D eigenvalue weighted by Gasteiger charge is 2.05. The van der Waals surface area contributed by atoms with Gasteiger partial charge in [0, 0.05) is 23.5 Å². The summed E-state index contributed by atoms with van der Waals surface area (Å²) < 4.78 is 5.34. The summed E-state index contributed by atoms with van der Waals surface area (Å²) >= 11 is 0. The normalized spacial score (nSPS) is 9.81. The number of methoxy groups -OCH3 is 1. The minimum atomic E-state index is 0.846. The molecule has 2 nitrogen and oxygen atoms in total. The second kappa shape index (κ2) is 4.62. The van der Waals surface area contributed by atoms with Gasteiger partial charge in [-0.3, -0.25) is 4.98 Å². The first-order valence-electron chi connectivity index (χ1n) is 5.06. The summed E-state index contributed by atoms with van der Waals surface area (Å²) in [6, 6.07) is 9.89. The highest BCUT2D eigenvalue weighted by Crippen LogP contribution is 2.30. The van der Waals surface area contributed by atoms with Gasteiger partial charge in [0.25, 0.3) is 0 Å². The Morgan fingerprint density at radius 1 is 1.31 bits per heavy atom. The lowest BCUT2D eigenvalue weighted by Crippen LogP contribution is -1.89. The molecule has 0 bridgehead atoms. The molecule has 0 aliphatic heterocycles. The van der Waals surface area contributed by atoms with Crippen LogP contribution in [0.3, 0.4) is 0 Å². The van der Waals surface area contributed by atoms with E-state index in [0.29, 0.717) is 0 Å². The van der Waals surface area contributed by atoms with E-state index < -0.39 is 0 Å². The Kier molecular flexibility index (Phi) is 3.01. The van der Waals surface area contributed by atoms with E-state index in [9.17, 15) is 0 Å². The molecule has 0 aliphatic carbocycles. The predicted octanol–water partition coefficient (Wildman–Crippen LogP) is 3.40. The maximum atomic E-state index is 5.34. The van der Waals surface area contributed by atoms with E-state index in [-0.39, 0.29) is 0 Å². The first-order valence-corrected chi connectivity index (χ1v) is 5.06. The van der Waals surface area contributed by atoms with Crippen molar-refractivity contribution < 1.29 is 4.74 Å². The van der Waals surface area contributed by atoms with Crippen LogP contribution < -0.4 is 4.74 Å². The second-order valence-electron chi connectivity index (χ2n) is 3.41. The Balaban J connectivity index is 2.57. The lowest BCUT2D eigenvalue weighted by atomic mass is 10.0. The van der Waals surface area contributed by atoms with Gasteiger partial charge in [-0.05, 0) is 23.8 Å². The van der Waals surface area contributed by atoms with E-state index in [1.807, 2.05) is 42.6 Å². The number of rotatable bonds is 3. The van der Waals surface area contributed by atoms with Gasteiger partial charge < -0.3 is 4.74 Å². The molecule has 16 heavy (non-hydrogen) atoms. The van der Waals surface area contributed by atoms with Gasteiger partial charge in [0.2, 0.25) is 0 Å². The van der Waals surface area contributed by atoms with Crippen LogP contribution in [0, 0.1) is 0 Å². The molecule has 0 aliphatic rings. The summed E-state index contributed by atoms with van der Waals surface area (Å²) in [6.45, 7) is 3.76. The van der Waals surface area contributed by atoms with Crippen LogP contribution in [0.4, 0.5) is 0 Å². The first-order chi connectivity index (χ1) is 7.85. The van der Waals surface area contributed by atoms with Crippen LogP contribution in [0.2, 0.25) is 0 Å². The molecule has 0 fully saturated rings. The number of ether oxygens (including phenoxy) is 1. The van der Waals surface area contributed by atoms with E-state index >= 15 is 0 Å². The number of benzene rings is 1. The van der Waals surface area contributed by atoms with Crippen molar-refractivity contribution in [2.75, 3.05) is 7.11 Å². The number of nitrogens with zero attached hydrogens (tertiary/aromatic N) is 1. The Labute approximate surface area is 95.2 Å². The molecular formula is C14H13NO. The minimum absolute atomic E-state index is 0.846. The molecule has 0 amide bonds. The summed E-state index contributed by atoms with van der Waals surface area (Å²) in [5.74, 6) is 0.846. The van der Waals surface area contributed by atoms with Crippen LogP contribution >= 0.6 is 0 Å². The molecule has 80 valence electrons. The van der Waals surface area contributed by atoms with Gasteiger partial charge in [-0.15, -0.1) is 0 Å². The molecule has 2 rings (SSSR count). The lowest BCUT2D eigenvalue weighted by molar-refractivity contribution is 0.416. The fraction of sp³-hybridized carbons (Fsp3) is 0.0714. The van der Waals surface area contributed by atoms with Crippen LogP contribution in [-0.4, -0.2) is 12.1 Å². The standard InChI is InChI=1S/C14H13NO/c1-3-11-6-7-14(16-2)13(9-11)12-5-4-8-15-10-12/h3-10H,1H2,2H3. The van der Waals surface area contributed by atoms with Gasteiger partial charge in [0.1, 0.15) is 5.75 Å². The first kappa shape index (κ1) is 10.4. The zero-order valence-electron chi connectivity index (χ0n) is 9.18. The largest absolute Gasteiger partial charge is 0.496 e. The van der Waals surface area contributed by atoms with E-state index in [1.54, 1.807) is 13.3 Å². The van der Waals surface area contributed by atoms with Gasteiger partial charge in [-0.1, -0.05) is 24.8 Å². The molecule has 0 spiro atoms. The molecule has 0 unspecified atom stereocenters. The molecule has 0 saturated heterocycles. The molecule has 0 radical (unpaired) electrons. The molecule has 2 heteroatoms. The third kappa shape index (κ3) is 1.96. The van der Waals surface area contributed by atoms with E-state index in [4.69, 9.17) is 4.74 Å². The Morgan fingerprint density at radius 2 is 2.19 bits per heavy atom. The van der Waals surface area contributed by atoms with E-state index in [0.717, 1.165) is 22.4 Å². The molecule has 0 saturated carbocycles. The second-order valence-corrected chi connectivity index (χ2v) is 3.41. The van der Waals surface area contributed by atoms with E-state index in [1.165, 1.54) is 0 Å². The number of pyridine rings is 1. The summed E-state index contributed by atoms with van der Waals surface area (Å²) in [5.41, 5.74) is 3.15. The lowest BCUT2D eigenvalue weighted by Gasteiger charge is -2.09. The quantitative estimate of drug-likeness (QED) is 0.776. The number of aromatic nitrogens is 1. The fourth-order valence-corrected chi connectivity index (χ4v) is 1.60. The topological polar surface area (TPSA) is 22.1 Å². The fourth-order valence-electron chi connectivity index (χ4n) is 1.60. The van der Waals surface area contributed by atoms with Crippen molar-refractivity contribution in [1.82, 2.24) is 4.98 Å². The van der Waals surface area contributed by atoms with Crippen molar-refractivity contribution >= 4 is 6.08 Å². The van der Waals surface area contributed by atoms with Crippen molar-refractivity contribution in [1.29, 1.82) is 0 Å². The third-order valence-corrected chi connectivity index (χ3v) is 2.43. The average Bonchev–Trinajstić information content (AvgIpc) is 2.39. The van der Waals surface area contributed by atoms with Crippen LogP contribution in [0.1, 0.15) is 5.56 Å². The van der Waals surface area contributed by atoms with Crippen molar-refractivity contribution in [3.63, 3.8) is 0 Å². The highest BCUT2D eigenvalue weighted by atomic mass is 16.5. The molecule has 1 heterocycles. The molecule has 2 aromatic rings. The highest BCUT2D eigenvalue weighted by molar-refractivity contribution is 5.72. The summed E-state index contributed by atoms with van der Waals surface area (Å²) in [4.78, 5) is 4.11. The van der Waals surface area contributed by atoms with Gasteiger partial charge in [-0.25, -0.2) is 0 Å². The maximum absolute atomic E-state index is 5.34. The predicted molar refractivity (Wildman–Crippen MR) is 66.3 cm³/mol. The Morgan fingerprint density at radius 3 is 2.81 bits per heavy atom. The Bertz CT molecular complexity index is 491. The van der Waals surface area contributed by atoms with Crippen LogP contribution in [0.25, 0.3) is 17.2 Å². The van der Waals surface area contributed by atoms with Gasteiger partial charge >= 0.3 is 0 Å². The van der Waals surface area contributed by atoms with Gasteiger partial charge in [0.05, 0.1) is 7.11 Å². The molecule has 0 N–H and O–H groups in total. The zero-order valence-corrected chi connectivity index (χ0v) is 9.18. The Hall–Kier alpha value is -2.09. The van der Waals surface area contributed by atoms with Crippen LogP contribution in [0.5, 0.6) is 5.75 Å². The van der Waals surface area contributed by atoms with E-state index in [2.05, 4.69) is 11.6 Å². The molecule has 0 atom stereocenters. The van der Waals surface area contributed by atoms with Gasteiger partial charge in [-0.2, -0.15) is 0 Å². The van der Waals surface area contributed by atoms with Crippen LogP contribution in [0.15, 0.2) is 49.3 Å². The van der Waals surface area contributed by atoms with Crippen molar-refractivity contribution in [2.24, 2.45) is 0 Å². The molecule has 1 aromatic heterocycles. The average molecular weight is 211 g/mol. The van der Waals surface area contributed by atoms with Crippen LogP contribution in [-0.2, 0) is 0 Å². The van der Waals surface area contributed by atoms with Crippen molar-refractivity contribution in [3.8, 4) is 16.9 Å². The number of hydrogen-bond acceptors (Lipinski definition) is 2. The number of hydrogen-bond donors (Lipinski definition) is 0. The monoisotopic (exact) mass is 211 g/mol. The minimum Gasteiger partial charge on any atom is -0.496 e.